The maximum absolute atomic E-state index is 9.05. The number of alkyl halides is 1. The molecule has 5 heteroatoms. The second-order valence-corrected chi connectivity index (χ2v) is 6.42. The highest BCUT2D eigenvalue weighted by Gasteiger charge is 2.12. The summed E-state index contributed by atoms with van der Waals surface area (Å²) in [5.41, 5.74) is 2.66. The molecule has 20 heavy (non-hydrogen) atoms. The number of aromatic nitrogens is 2. The minimum absolute atomic E-state index is 0.562. The third-order valence-corrected chi connectivity index (χ3v) is 4.67. The lowest BCUT2D eigenvalue weighted by atomic mass is 10.2. The molecule has 0 bridgehead atoms. The van der Waals surface area contributed by atoms with Crippen molar-refractivity contribution in [1.29, 1.82) is 5.26 Å². The molecule has 106 valence electrons. The molecular formula is C15H18ClN3S. The highest BCUT2D eigenvalue weighted by Crippen LogP contribution is 2.21. The Kier molecular flexibility index (Phi) is 5.33. The van der Waals surface area contributed by atoms with Crippen LogP contribution in [0.1, 0.15) is 24.7 Å². The predicted octanol–water partition coefficient (Wildman–Crippen LogP) is 3.83. The van der Waals surface area contributed by atoms with Crippen molar-refractivity contribution in [3.05, 3.63) is 29.6 Å². The third kappa shape index (κ3) is 3.28. The van der Waals surface area contributed by atoms with Crippen molar-refractivity contribution in [2.24, 2.45) is 0 Å². The third-order valence-electron chi connectivity index (χ3n) is 3.44. The van der Waals surface area contributed by atoms with Crippen LogP contribution in [0.25, 0.3) is 11.0 Å². The maximum atomic E-state index is 9.05. The van der Waals surface area contributed by atoms with Gasteiger partial charge in [0.15, 0.2) is 0 Å². The number of nitrogens with zero attached hydrogens (tertiary/aromatic N) is 3. The summed E-state index contributed by atoms with van der Waals surface area (Å²) in [6.07, 6.45) is 3.97. The number of rotatable bonds is 6. The Morgan fingerprint density at radius 2 is 2.30 bits per heavy atom. The smallest absolute Gasteiger partial charge is 0.111 e. The number of fused-ring (bicyclic) bond motifs is 1. The first kappa shape index (κ1) is 15.2. The fourth-order valence-corrected chi connectivity index (χ4v) is 2.71. The van der Waals surface area contributed by atoms with Crippen molar-refractivity contribution in [2.75, 3.05) is 12.1 Å². The molecule has 0 fully saturated rings. The second-order valence-electron chi connectivity index (χ2n) is 4.77. The van der Waals surface area contributed by atoms with Crippen LogP contribution in [0.15, 0.2) is 18.2 Å². The maximum Gasteiger partial charge on any atom is 0.111 e. The Hall–Kier alpha value is -1.18. The lowest BCUT2D eigenvalue weighted by molar-refractivity contribution is 0.628. The molecule has 2 rings (SSSR count). The van der Waals surface area contributed by atoms with E-state index < -0.39 is 0 Å². The van der Waals surface area contributed by atoms with Crippen LogP contribution in [0.2, 0.25) is 0 Å². The lowest BCUT2D eigenvalue weighted by Crippen LogP contribution is -2.08. The van der Waals surface area contributed by atoms with Gasteiger partial charge in [-0.1, -0.05) is 6.92 Å². The molecule has 1 aromatic heterocycles. The molecule has 0 saturated carbocycles. The van der Waals surface area contributed by atoms with Crippen molar-refractivity contribution < 1.29 is 0 Å². The predicted molar refractivity (Wildman–Crippen MR) is 86.5 cm³/mol. The largest absolute Gasteiger partial charge is 0.328 e. The van der Waals surface area contributed by atoms with E-state index in [-0.39, 0.29) is 0 Å². The monoisotopic (exact) mass is 307 g/mol. The van der Waals surface area contributed by atoms with E-state index in [4.69, 9.17) is 16.9 Å². The van der Waals surface area contributed by atoms with Gasteiger partial charge >= 0.3 is 0 Å². The minimum Gasteiger partial charge on any atom is -0.328 e. The first-order chi connectivity index (χ1) is 9.69. The molecule has 3 nitrogen and oxygen atoms in total. The summed E-state index contributed by atoms with van der Waals surface area (Å²) >= 11 is 7.74. The quantitative estimate of drug-likeness (QED) is 0.762. The standard InChI is InChI=1S/C15H18ClN3S/c1-11(20-2)6-8-19-14-9-12(10-17)3-4-13(14)18-15(19)5-7-16/h3-4,9,11H,5-8H2,1-2H3. The second kappa shape index (κ2) is 7.01. The normalized spacial score (nSPS) is 12.5. The Morgan fingerprint density at radius 3 is 2.95 bits per heavy atom. The van der Waals surface area contributed by atoms with E-state index in [1.54, 1.807) is 0 Å². The highest BCUT2D eigenvalue weighted by atomic mass is 35.5. The van der Waals surface area contributed by atoms with E-state index in [9.17, 15) is 0 Å². The average molecular weight is 308 g/mol. The molecule has 1 unspecified atom stereocenters. The van der Waals surface area contributed by atoms with Gasteiger partial charge in [0.05, 0.1) is 22.7 Å². The van der Waals surface area contributed by atoms with E-state index in [1.807, 2.05) is 30.0 Å². The summed E-state index contributed by atoms with van der Waals surface area (Å²) in [5.74, 6) is 1.57. The van der Waals surface area contributed by atoms with Crippen molar-refractivity contribution in [3.8, 4) is 6.07 Å². The molecule has 2 aromatic rings. The van der Waals surface area contributed by atoms with Gasteiger partial charge in [-0.15, -0.1) is 11.6 Å². The fourth-order valence-electron chi connectivity index (χ4n) is 2.20. The summed E-state index contributed by atoms with van der Waals surface area (Å²) in [6.45, 7) is 3.14. The number of thioether (sulfide) groups is 1. The number of benzene rings is 1. The van der Waals surface area contributed by atoms with Gasteiger partial charge < -0.3 is 4.57 Å². The van der Waals surface area contributed by atoms with Crippen molar-refractivity contribution >= 4 is 34.4 Å². The summed E-state index contributed by atoms with van der Waals surface area (Å²) in [7, 11) is 0. The average Bonchev–Trinajstić information content (AvgIpc) is 2.81. The number of halogens is 1. The number of hydrogen-bond acceptors (Lipinski definition) is 3. The van der Waals surface area contributed by atoms with Gasteiger partial charge in [-0.2, -0.15) is 17.0 Å². The van der Waals surface area contributed by atoms with Gasteiger partial charge in [0.25, 0.3) is 0 Å². The molecule has 1 heterocycles. The van der Waals surface area contributed by atoms with E-state index in [0.29, 0.717) is 16.7 Å². The van der Waals surface area contributed by atoms with E-state index in [0.717, 1.165) is 36.2 Å². The van der Waals surface area contributed by atoms with Crippen LogP contribution in [0.3, 0.4) is 0 Å². The van der Waals surface area contributed by atoms with E-state index in [1.165, 1.54) is 0 Å². The van der Waals surface area contributed by atoms with Gasteiger partial charge in [0, 0.05) is 24.1 Å². The van der Waals surface area contributed by atoms with E-state index in [2.05, 4.69) is 28.8 Å². The molecular weight excluding hydrogens is 290 g/mol. The van der Waals surface area contributed by atoms with Crippen LogP contribution in [-0.4, -0.2) is 26.9 Å². The Labute approximate surface area is 128 Å². The first-order valence-electron chi connectivity index (χ1n) is 6.67. The zero-order valence-corrected chi connectivity index (χ0v) is 13.3. The molecule has 0 aliphatic rings. The van der Waals surface area contributed by atoms with Gasteiger partial charge in [-0.05, 0) is 30.9 Å². The Bertz CT molecular complexity index is 630. The summed E-state index contributed by atoms with van der Waals surface area (Å²) in [4.78, 5) is 4.64. The molecule has 0 spiro atoms. The van der Waals surface area contributed by atoms with Crippen LogP contribution >= 0.6 is 23.4 Å². The zero-order chi connectivity index (χ0) is 14.5. The van der Waals surface area contributed by atoms with Crippen LogP contribution in [0.5, 0.6) is 0 Å². The zero-order valence-electron chi connectivity index (χ0n) is 11.8. The molecule has 0 saturated heterocycles. The summed E-state index contributed by atoms with van der Waals surface area (Å²) < 4.78 is 2.21. The van der Waals surface area contributed by atoms with Crippen LogP contribution < -0.4 is 0 Å². The van der Waals surface area contributed by atoms with Gasteiger partial charge in [0.1, 0.15) is 5.82 Å². The van der Waals surface area contributed by atoms with Crippen molar-refractivity contribution in [3.63, 3.8) is 0 Å². The first-order valence-corrected chi connectivity index (χ1v) is 8.50. The van der Waals surface area contributed by atoms with Crippen LogP contribution in [0, 0.1) is 11.3 Å². The molecule has 0 aliphatic carbocycles. The number of imidazole rings is 1. The topological polar surface area (TPSA) is 41.6 Å². The Morgan fingerprint density at radius 1 is 1.50 bits per heavy atom. The summed E-state index contributed by atoms with van der Waals surface area (Å²) in [6, 6.07) is 7.84. The van der Waals surface area contributed by atoms with Crippen LogP contribution in [0.4, 0.5) is 0 Å². The molecule has 0 aliphatic heterocycles. The SMILES string of the molecule is CSC(C)CCn1c(CCCl)nc2ccc(C#N)cc21. The Balaban J connectivity index is 2.40. The highest BCUT2D eigenvalue weighted by molar-refractivity contribution is 7.99. The van der Waals surface area contributed by atoms with Crippen molar-refractivity contribution in [1.82, 2.24) is 9.55 Å². The number of hydrogen-bond donors (Lipinski definition) is 0. The minimum atomic E-state index is 0.562. The summed E-state index contributed by atoms with van der Waals surface area (Å²) in [5, 5.41) is 9.66. The molecule has 0 radical (unpaired) electrons. The van der Waals surface area contributed by atoms with Crippen LogP contribution in [-0.2, 0) is 13.0 Å². The molecule has 0 amide bonds. The number of aryl methyl sites for hydroxylation is 2. The lowest BCUT2D eigenvalue weighted by Gasteiger charge is -2.12. The molecule has 1 atom stereocenters. The number of nitriles is 1. The van der Waals surface area contributed by atoms with Gasteiger partial charge in [-0.25, -0.2) is 4.98 Å². The van der Waals surface area contributed by atoms with Crippen molar-refractivity contribution in [2.45, 2.75) is 31.6 Å². The van der Waals surface area contributed by atoms with E-state index >= 15 is 0 Å². The molecule has 0 N–H and O–H groups in total. The molecule has 1 aromatic carbocycles. The van der Waals surface area contributed by atoms with Gasteiger partial charge in [-0.3, -0.25) is 0 Å². The fraction of sp³-hybridized carbons (Fsp3) is 0.467. The van der Waals surface area contributed by atoms with Gasteiger partial charge in [0.2, 0.25) is 0 Å².